The van der Waals surface area contributed by atoms with E-state index in [-0.39, 0.29) is 6.03 Å². The number of aryl methyl sites for hydroxylation is 1. The zero-order valence-electron chi connectivity index (χ0n) is 13.9. The van der Waals surface area contributed by atoms with Gasteiger partial charge in [0.05, 0.1) is 6.54 Å². The monoisotopic (exact) mass is 315 g/mol. The van der Waals surface area contributed by atoms with Gasteiger partial charge in [0, 0.05) is 45.7 Å². The van der Waals surface area contributed by atoms with Crippen molar-refractivity contribution in [1.29, 1.82) is 0 Å². The lowest BCUT2D eigenvalue weighted by atomic mass is 10.2. The van der Waals surface area contributed by atoms with Crippen molar-refractivity contribution in [3.8, 4) is 0 Å². The van der Waals surface area contributed by atoms with E-state index in [0.29, 0.717) is 26.2 Å². The summed E-state index contributed by atoms with van der Waals surface area (Å²) in [5.74, 6) is 0. The van der Waals surface area contributed by atoms with Gasteiger partial charge in [-0.05, 0) is 24.1 Å². The molecule has 0 spiro atoms. The predicted octanol–water partition coefficient (Wildman–Crippen LogP) is 2.77. The number of hydrogen-bond donors (Lipinski definition) is 1. The van der Waals surface area contributed by atoms with Crippen LogP contribution in [0.4, 0.5) is 4.79 Å². The first kappa shape index (κ1) is 17.1. The molecule has 0 radical (unpaired) electrons. The average molecular weight is 315 g/mol. The fourth-order valence-electron chi connectivity index (χ4n) is 2.39. The lowest BCUT2D eigenvalue weighted by Crippen LogP contribution is -2.40. The quantitative estimate of drug-likeness (QED) is 0.761. The molecule has 0 aliphatic carbocycles. The van der Waals surface area contributed by atoms with E-state index < -0.39 is 0 Å². The summed E-state index contributed by atoms with van der Waals surface area (Å²) in [6.45, 7) is 2.44. The highest BCUT2D eigenvalue weighted by Gasteiger charge is 2.14. The third-order valence-electron chi connectivity index (χ3n) is 3.75. The maximum atomic E-state index is 12.5. The van der Waals surface area contributed by atoms with Crippen LogP contribution in [0.3, 0.4) is 0 Å². The van der Waals surface area contributed by atoms with Gasteiger partial charge >= 0.3 is 6.03 Å². The van der Waals surface area contributed by atoms with Gasteiger partial charge in [0.2, 0.25) is 0 Å². The van der Waals surface area contributed by atoms with E-state index in [1.54, 1.807) is 7.11 Å². The van der Waals surface area contributed by atoms with Crippen LogP contribution in [0.25, 0.3) is 0 Å². The molecule has 124 valence electrons. The zero-order chi connectivity index (χ0) is 16.5. The molecular formula is C18H25N3O2. The lowest BCUT2D eigenvalue weighted by molar-refractivity contribution is 0.165. The van der Waals surface area contributed by atoms with Gasteiger partial charge in [-0.1, -0.05) is 30.3 Å². The molecule has 0 aliphatic rings. The standard InChI is InChI=1S/C18H25N3O2/c1-20-11-6-10-17(20)15-21(12-7-13-23-2)18(22)19-14-16-8-4-3-5-9-16/h3-6,8-11H,7,12-15H2,1-2H3,(H,19,22). The molecular weight excluding hydrogens is 290 g/mol. The number of nitrogens with one attached hydrogen (secondary N) is 1. The van der Waals surface area contributed by atoms with Crippen molar-refractivity contribution in [3.63, 3.8) is 0 Å². The topological polar surface area (TPSA) is 46.5 Å². The van der Waals surface area contributed by atoms with Gasteiger partial charge in [-0.25, -0.2) is 4.79 Å². The first-order valence-electron chi connectivity index (χ1n) is 7.86. The Balaban J connectivity index is 1.94. The summed E-state index contributed by atoms with van der Waals surface area (Å²) >= 11 is 0. The van der Waals surface area contributed by atoms with Crippen LogP contribution in [0.1, 0.15) is 17.7 Å². The maximum absolute atomic E-state index is 12.5. The van der Waals surface area contributed by atoms with Crippen molar-refractivity contribution >= 4 is 6.03 Å². The Kier molecular flexibility index (Phi) is 6.69. The molecule has 1 heterocycles. The molecule has 1 aromatic heterocycles. The Labute approximate surface area is 137 Å². The van der Waals surface area contributed by atoms with Gasteiger partial charge in [-0.15, -0.1) is 0 Å². The van der Waals surface area contributed by atoms with E-state index in [9.17, 15) is 4.79 Å². The van der Waals surface area contributed by atoms with Crippen molar-refractivity contribution in [2.75, 3.05) is 20.3 Å². The number of aromatic nitrogens is 1. The fourth-order valence-corrected chi connectivity index (χ4v) is 2.39. The van der Waals surface area contributed by atoms with E-state index in [0.717, 1.165) is 17.7 Å². The van der Waals surface area contributed by atoms with Crippen LogP contribution in [-0.4, -0.2) is 35.8 Å². The summed E-state index contributed by atoms with van der Waals surface area (Å²) in [5, 5.41) is 2.99. The summed E-state index contributed by atoms with van der Waals surface area (Å²) in [7, 11) is 3.67. The second kappa shape index (κ2) is 9.00. The second-order valence-corrected chi connectivity index (χ2v) is 5.52. The van der Waals surface area contributed by atoms with Gasteiger partial charge < -0.3 is 19.5 Å². The highest BCUT2D eigenvalue weighted by molar-refractivity contribution is 5.74. The molecule has 1 aromatic carbocycles. The van der Waals surface area contributed by atoms with Crippen LogP contribution in [0, 0.1) is 0 Å². The number of hydrogen-bond acceptors (Lipinski definition) is 2. The van der Waals surface area contributed by atoms with Crippen molar-refractivity contribution < 1.29 is 9.53 Å². The van der Waals surface area contributed by atoms with Gasteiger partial charge in [0.15, 0.2) is 0 Å². The normalized spacial score (nSPS) is 10.5. The Bertz CT molecular complexity index is 595. The first-order chi connectivity index (χ1) is 11.2. The minimum absolute atomic E-state index is 0.0499. The predicted molar refractivity (Wildman–Crippen MR) is 91.0 cm³/mol. The SMILES string of the molecule is COCCCN(Cc1cccn1C)C(=O)NCc1ccccc1. The Morgan fingerprint density at radius 1 is 1.22 bits per heavy atom. The molecule has 2 rings (SSSR count). The van der Waals surface area contributed by atoms with Crippen LogP contribution in [0.5, 0.6) is 0 Å². The highest BCUT2D eigenvalue weighted by atomic mass is 16.5. The number of urea groups is 1. The van der Waals surface area contributed by atoms with Crippen molar-refractivity contribution in [1.82, 2.24) is 14.8 Å². The van der Waals surface area contributed by atoms with E-state index >= 15 is 0 Å². The Hall–Kier alpha value is -2.27. The first-order valence-corrected chi connectivity index (χ1v) is 7.86. The van der Waals surface area contributed by atoms with Crippen LogP contribution in [-0.2, 0) is 24.9 Å². The molecule has 5 heteroatoms. The second-order valence-electron chi connectivity index (χ2n) is 5.52. The molecule has 0 saturated carbocycles. The van der Waals surface area contributed by atoms with Crippen LogP contribution >= 0.6 is 0 Å². The number of carbonyl (C=O) groups is 1. The van der Waals surface area contributed by atoms with Gasteiger partial charge in [0.1, 0.15) is 0 Å². The van der Waals surface area contributed by atoms with Crippen molar-refractivity contribution in [2.45, 2.75) is 19.5 Å². The summed E-state index contributed by atoms with van der Waals surface area (Å²) in [4.78, 5) is 14.3. The van der Waals surface area contributed by atoms with Crippen molar-refractivity contribution in [3.05, 3.63) is 59.9 Å². The lowest BCUT2D eigenvalue weighted by Gasteiger charge is -2.23. The summed E-state index contributed by atoms with van der Waals surface area (Å²) in [6, 6.07) is 13.9. The minimum atomic E-state index is -0.0499. The van der Waals surface area contributed by atoms with E-state index in [2.05, 4.69) is 5.32 Å². The Morgan fingerprint density at radius 3 is 2.65 bits per heavy atom. The molecule has 0 unspecified atom stereocenters. The smallest absolute Gasteiger partial charge is 0.318 e. The molecule has 5 nitrogen and oxygen atoms in total. The average Bonchev–Trinajstić information content (AvgIpc) is 2.98. The van der Waals surface area contributed by atoms with Crippen LogP contribution < -0.4 is 5.32 Å². The van der Waals surface area contributed by atoms with E-state index in [4.69, 9.17) is 4.74 Å². The fraction of sp³-hybridized carbons (Fsp3) is 0.389. The molecule has 2 aromatic rings. The summed E-state index contributed by atoms with van der Waals surface area (Å²) in [5.41, 5.74) is 2.20. The zero-order valence-corrected chi connectivity index (χ0v) is 13.9. The van der Waals surface area contributed by atoms with Gasteiger partial charge in [-0.3, -0.25) is 0 Å². The van der Waals surface area contributed by atoms with E-state index in [1.807, 2.05) is 65.2 Å². The molecule has 0 bridgehead atoms. The number of rotatable bonds is 8. The minimum Gasteiger partial charge on any atom is -0.385 e. The largest absolute Gasteiger partial charge is 0.385 e. The number of ether oxygens (including phenoxy) is 1. The number of carbonyl (C=O) groups excluding carboxylic acids is 1. The van der Waals surface area contributed by atoms with Crippen LogP contribution in [0.2, 0.25) is 0 Å². The Morgan fingerprint density at radius 2 is 2.00 bits per heavy atom. The van der Waals surface area contributed by atoms with E-state index in [1.165, 1.54) is 0 Å². The third-order valence-corrected chi connectivity index (χ3v) is 3.75. The molecule has 1 N–H and O–H groups in total. The molecule has 0 aliphatic heterocycles. The summed E-state index contributed by atoms with van der Waals surface area (Å²) < 4.78 is 7.13. The highest BCUT2D eigenvalue weighted by Crippen LogP contribution is 2.07. The molecule has 2 amide bonds. The molecule has 0 fully saturated rings. The van der Waals surface area contributed by atoms with Gasteiger partial charge in [0.25, 0.3) is 0 Å². The molecule has 0 atom stereocenters. The number of amides is 2. The molecule has 23 heavy (non-hydrogen) atoms. The van der Waals surface area contributed by atoms with Gasteiger partial charge in [-0.2, -0.15) is 0 Å². The third kappa shape index (κ3) is 5.45. The number of benzene rings is 1. The maximum Gasteiger partial charge on any atom is 0.318 e. The molecule has 0 saturated heterocycles. The number of methoxy groups -OCH3 is 1. The van der Waals surface area contributed by atoms with Crippen molar-refractivity contribution in [2.24, 2.45) is 7.05 Å². The summed E-state index contributed by atoms with van der Waals surface area (Å²) in [6.07, 6.45) is 2.81. The number of nitrogens with zero attached hydrogens (tertiary/aromatic N) is 2. The van der Waals surface area contributed by atoms with Crippen LogP contribution in [0.15, 0.2) is 48.7 Å².